The Labute approximate surface area is 150 Å². The first-order valence-electron chi connectivity index (χ1n) is 9.23. The lowest BCUT2D eigenvalue weighted by Gasteiger charge is -2.41. The molecule has 140 valence electrons. The first-order valence-corrected chi connectivity index (χ1v) is 11.1. The van der Waals surface area contributed by atoms with Gasteiger partial charge < -0.3 is 11.1 Å². The van der Waals surface area contributed by atoms with Crippen LogP contribution in [-0.4, -0.2) is 35.5 Å². The van der Waals surface area contributed by atoms with Gasteiger partial charge in [0.25, 0.3) is 0 Å². The molecular weight excluding hydrogens is 337 g/mol. The molecule has 1 aromatic rings. The Morgan fingerprint density at radius 3 is 3.00 bits per heavy atom. The van der Waals surface area contributed by atoms with E-state index in [4.69, 9.17) is 5.73 Å². The summed E-state index contributed by atoms with van der Waals surface area (Å²) in [5, 5.41) is 3.29. The summed E-state index contributed by atoms with van der Waals surface area (Å²) in [7, 11) is -2.25. The van der Waals surface area contributed by atoms with Crippen LogP contribution in [0.3, 0.4) is 0 Å². The lowest BCUT2D eigenvalue weighted by molar-refractivity contribution is 0.240. The van der Waals surface area contributed by atoms with Crippen molar-refractivity contribution >= 4 is 21.3 Å². The maximum absolute atomic E-state index is 14.3. The van der Waals surface area contributed by atoms with Gasteiger partial charge in [0, 0.05) is 28.6 Å². The van der Waals surface area contributed by atoms with E-state index in [2.05, 4.69) is 22.0 Å². The summed E-state index contributed by atoms with van der Waals surface area (Å²) in [5.74, 6) is 5.62. The fourth-order valence-corrected chi connectivity index (χ4v) is 5.59. The van der Waals surface area contributed by atoms with Crippen molar-refractivity contribution < 1.29 is 8.60 Å². The Kier molecular flexibility index (Phi) is 5.71. The molecule has 1 aromatic carbocycles. The van der Waals surface area contributed by atoms with E-state index in [1.54, 1.807) is 6.07 Å². The molecule has 4 unspecified atom stereocenters. The number of anilines is 1. The molecule has 4 nitrogen and oxygen atoms in total. The third-order valence-electron chi connectivity index (χ3n) is 5.62. The summed E-state index contributed by atoms with van der Waals surface area (Å²) in [5.41, 5.74) is 8.28. The van der Waals surface area contributed by atoms with Crippen molar-refractivity contribution in [3.05, 3.63) is 29.1 Å². The monoisotopic (exact) mass is 367 g/mol. The van der Waals surface area contributed by atoms with Gasteiger partial charge in [0.1, 0.15) is 5.82 Å². The minimum Gasteiger partial charge on any atom is -0.382 e. The summed E-state index contributed by atoms with van der Waals surface area (Å²) in [6.45, 7) is 4.05. The summed E-state index contributed by atoms with van der Waals surface area (Å²) < 4.78 is 29.9. The first-order chi connectivity index (χ1) is 11.9. The van der Waals surface area contributed by atoms with Gasteiger partial charge in [-0.25, -0.2) is 9.11 Å². The zero-order valence-electron chi connectivity index (χ0n) is 15.0. The van der Waals surface area contributed by atoms with Gasteiger partial charge in [0.05, 0.1) is 5.69 Å². The third-order valence-corrected chi connectivity index (χ3v) is 7.26. The van der Waals surface area contributed by atoms with Crippen LogP contribution >= 0.6 is 0 Å². The van der Waals surface area contributed by atoms with Crippen LogP contribution in [0.2, 0.25) is 0 Å². The van der Waals surface area contributed by atoms with Gasteiger partial charge in [-0.1, -0.05) is 6.07 Å². The molecule has 1 aliphatic heterocycles. The van der Waals surface area contributed by atoms with Crippen molar-refractivity contribution in [2.45, 2.75) is 38.5 Å². The van der Waals surface area contributed by atoms with Gasteiger partial charge in [0.2, 0.25) is 0 Å². The van der Waals surface area contributed by atoms with Crippen LogP contribution in [0.5, 0.6) is 0 Å². The number of nitrogens with two attached hydrogens (primary N) is 1. The molecule has 1 aliphatic carbocycles. The van der Waals surface area contributed by atoms with Gasteiger partial charge in [-0.3, -0.25) is 4.21 Å². The number of fused-ring (bicyclic) bond motifs is 3. The Balaban J connectivity index is 1.68. The van der Waals surface area contributed by atoms with Crippen LogP contribution in [0.15, 0.2) is 12.1 Å². The van der Waals surface area contributed by atoms with Crippen LogP contribution in [0.25, 0.3) is 0 Å². The van der Waals surface area contributed by atoms with Crippen molar-refractivity contribution in [3.63, 3.8) is 0 Å². The van der Waals surface area contributed by atoms with Crippen LogP contribution in [0, 0.1) is 24.6 Å². The first kappa shape index (κ1) is 18.7. The summed E-state index contributed by atoms with van der Waals surface area (Å²) in [6.07, 6.45) is 3.98. The van der Waals surface area contributed by atoms with E-state index in [1.165, 1.54) is 0 Å². The highest BCUT2D eigenvalue weighted by molar-refractivity contribution is 7.98. The molecule has 0 radical (unpaired) electrons. The SMILES string of the molecule is C=S(=O)(CCCN)NCC1CCC2CNc3c(F)cc(C)cc3C2C1. The van der Waals surface area contributed by atoms with Crippen molar-refractivity contribution in [2.75, 3.05) is 30.7 Å². The summed E-state index contributed by atoms with van der Waals surface area (Å²) in [4.78, 5) is 0. The minimum absolute atomic E-state index is 0.142. The quantitative estimate of drug-likeness (QED) is 0.677. The average Bonchev–Trinajstić information content (AvgIpc) is 2.58. The number of rotatable bonds is 6. The second-order valence-corrected chi connectivity index (χ2v) is 9.96. The molecule has 4 N–H and O–H groups in total. The molecule has 0 bridgehead atoms. The molecule has 6 heteroatoms. The molecule has 3 rings (SSSR count). The molecule has 0 aromatic heterocycles. The largest absolute Gasteiger partial charge is 0.382 e. The van der Waals surface area contributed by atoms with Crippen LogP contribution in [0.4, 0.5) is 10.1 Å². The molecular formula is C19H30FN3OS. The molecule has 25 heavy (non-hydrogen) atoms. The topological polar surface area (TPSA) is 67.2 Å². The van der Waals surface area contributed by atoms with Crippen molar-refractivity contribution in [2.24, 2.45) is 17.6 Å². The van der Waals surface area contributed by atoms with Crippen LogP contribution < -0.4 is 15.8 Å². The standard InChI is InChI=1S/C19H30FN3OS/c1-13-8-17-16-10-14(11-23-25(2,24)7-3-6-21)4-5-15(16)12-22-19(17)18(20)9-13/h8-9,14-16,22H,2-7,10-12,21H2,1H3,(H,23,24). The second kappa shape index (κ2) is 7.64. The molecule has 2 aliphatic rings. The van der Waals surface area contributed by atoms with Gasteiger partial charge >= 0.3 is 0 Å². The van der Waals surface area contributed by atoms with E-state index in [0.717, 1.165) is 43.4 Å². The minimum atomic E-state index is -2.25. The summed E-state index contributed by atoms with van der Waals surface area (Å²) in [6, 6.07) is 3.73. The Bertz CT molecular complexity index is 720. The fourth-order valence-electron chi connectivity index (χ4n) is 4.27. The van der Waals surface area contributed by atoms with Crippen LogP contribution in [-0.2, 0) is 9.71 Å². The number of aryl methyl sites for hydroxylation is 1. The Hall–Kier alpha value is -1.11. The molecule has 1 heterocycles. The maximum atomic E-state index is 14.3. The number of hydrogen-bond acceptors (Lipinski definition) is 3. The number of halogens is 1. The van der Waals surface area contributed by atoms with Crippen LogP contribution in [0.1, 0.15) is 42.7 Å². The van der Waals surface area contributed by atoms with Crippen molar-refractivity contribution in [1.29, 1.82) is 0 Å². The Morgan fingerprint density at radius 1 is 1.44 bits per heavy atom. The van der Waals surface area contributed by atoms with Gasteiger partial charge in [-0.2, -0.15) is 0 Å². The van der Waals surface area contributed by atoms with Gasteiger partial charge in [-0.15, -0.1) is 0 Å². The molecule has 0 spiro atoms. The second-order valence-electron chi connectivity index (χ2n) is 7.64. The smallest absolute Gasteiger partial charge is 0.146 e. The number of hydrogen-bond donors (Lipinski definition) is 3. The van der Waals surface area contributed by atoms with Gasteiger partial charge in [-0.05, 0) is 80.0 Å². The zero-order valence-corrected chi connectivity index (χ0v) is 15.8. The van der Waals surface area contributed by atoms with E-state index < -0.39 is 9.71 Å². The average molecular weight is 368 g/mol. The maximum Gasteiger partial charge on any atom is 0.146 e. The number of nitrogens with one attached hydrogen (secondary N) is 2. The highest BCUT2D eigenvalue weighted by Crippen LogP contribution is 2.46. The summed E-state index contributed by atoms with van der Waals surface area (Å²) >= 11 is 0. The lowest BCUT2D eigenvalue weighted by Crippen LogP contribution is -2.38. The molecule has 0 amide bonds. The predicted octanol–water partition coefficient (Wildman–Crippen LogP) is 2.63. The van der Waals surface area contributed by atoms with E-state index >= 15 is 0 Å². The normalized spacial score (nSPS) is 27.7. The molecule has 0 saturated heterocycles. The van der Waals surface area contributed by atoms with Gasteiger partial charge in [0.15, 0.2) is 0 Å². The van der Waals surface area contributed by atoms with E-state index in [0.29, 0.717) is 42.3 Å². The fraction of sp³-hybridized carbons (Fsp3) is 0.632. The highest BCUT2D eigenvalue weighted by Gasteiger charge is 2.36. The highest BCUT2D eigenvalue weighted by atomic mass is 32.2. The lowest BCUT2D eigenvalue weighted by atomic mass is 9.69. The number of benzene rings is 1. The zero-order chi connectivity index (χ0) is 18.0. The molecule has 4 atom stereocenters. The Morgan fingerprint density at radius 2 is 2.24 bits per heavy atom. The molecule has 1 saturated carbocycles. The predicted molar refractivity (Wildman–Crippen MR) is 105 cm³/mol. The third kappa shape index (κ3) is 4.36. The van der Waals surface area contributed by atoms with E-state index in [1.807, 2.05) is 6.92 Å². The van der Waals surface area contributed by atoms with Crippen molar-refractivity contribution in [3.8, 4) is 0 Å². The van der Waals surface area contributed by atoms with E-state index in [9.17, 15) is 8.60 Å². The van der Waals surface area contributed by atoms with Crippen molar-refractivity contribution in [1.82, 2.24) is 4.72 Å². The van der Waals surface area contributed by atoms with E-state index in [-0.39, 0.29) is 5.82 Å². The molecule has 1 fully saturated rings.